The Kier molecular flexibility index (Phi) is 4.69. The van der Waals surface area contributed by atoms with Crippen LogP contribution in [0, 0.1) is 5.92 Å². The molecule has 0 spiro atoms. The molecular weight excluding hydrogens is 312 g/mol. The van der Waals surface area contributed by atoms with Crippen molar-refractivity contribution < 1.29 is 0 Å². The SMILES string of the molecule is CC1NNC(C)C1CCN(C)c1cc(C2CC(N)C2)nc(C2CC2)n1. The number of anilines is 1. The van der Waals surface area contributed by atoms with Gasteiger partial charge in [0.05, 0.1) is 0 Å². The molecule has 25 heavy (non-hydrogen) atoms. The van der Waals surface area contributed by atoms with Crippen molar-refractivity contribution in [1.82, 2.24) is 20.8 Å². The molecule has 6 heteroatoms. The Morgan fingerprint density at radius 1 is 1.12 bits per heavy atom. The first-order valence-corrected chi connectivity index (χ1v) is 9.88. The van der Waals surface area contributed by atoms with Crippen LogP contribution in [0.1, 0.15) is 69.3 Å². The highest BCUT2D eigenvalue weighted by Crippen LogP contribution is 2.41. The van der Waals surface area contributed by atoms with Gasteiger partial charge >= 0.3 is 0 Å². The molecule has 138 valence electrons. The summed E-state index contributed by atoms with van der Waals surface area (Å²) in [6, 6.07) is 3.60. The molecule has 0 radical (unpaired) electrons. The van der Waals surface area contributed by atoms with Crippen molar-refractivity contribution in [2.24, 2.45) is 11.7 Å². The van der Waals surface area contributed by atoms with Gasteiger partial charge in [0.25, 0.3) is 0 Å². The first-order valence-electron chi connectivity index (χ1n) is 9.88. The van der Waals surface area contributed by atoms with E-state index in [1.807, 2.05) is 0 Å². The van der Waals surface area contributed by atoms with Crippen LogP contribution in [0.15, 0.2) is 6.07 Å². The summed E-state index contributed by atoms with van der Waals surface area (Å²) in [6.07, 6.45) is 5.78. The van der Waals surface area contributed by atoms with Crippen molar-refractivity contribution in [2.45, 2.75) is 75.9 Å². The number of rotatable bonds is 6. The zero-order valence-electron chi connectivity index (χ0n) is 15.7. The van der Waals surface area contributed by atoms with Gasteiger partial charge in [-0.2, -0.15) is 0 Å². The van der Waals surface area contributed by atoms with Crippen molar-refractivity contribution in [3.63, 3.8) is 0 Å². The summed E-state index contributed by atoms with van der Waals surface area (Å²) in [5.74, 6) is 3.92. The van der Waals surface area contributed by atoms with Gasteiger partial charge in [0.1, 0.15) is 11.6 Å². The second kappa shape index (κ2) is 6.82. The molecule has 4 rings (SSSR count). The summed E-state index contributed by atoms with van der Waals surface area (Å²) in [5, 5.41) is 0. The molecule has 3 aliphatic rings. The topological polar surface area (TPSA) is 79.1 Å². The molecule has 6 nitrogen and oxygen atoms in total. The predicted octanol–water partition coefficient (Wildman–Crippen LogP) is 1.89. The predicted molar refractivity (Wildman–Crippen MR) is 101 cm³/mol. The maximum Gasteiger partial charge on any atom is 0.134 e. The van der Waals surface area contributed by atoms with Crippen LogP contribution < -0.4 is 21.5 Å². The molecule has 1 aromatic heterocycles. The summed E-state index contributed by atoms with van der Waals surface area (Å²) < 4.78 is 0. The number of hydrogen-bond donors (Lipinski definition) is 3. The normalized spacial score (nSPS) is 34.8. The number of nitrogens with one attached hydrogen (secondary N) is 2. The zero-order chi connectivity index (χ0) is 17.6. The van der Waals surface area contributed by atoms with E-state index in [0.717, 1.165) is 37.4 Å². The van der Waals surface area contributed by atoms with Gasteiger partial charge in [-0.25, -0.2) is 9.97 Å². The van der Waals surface area contributed by atoms with Gasteiger partial charge in [-0.05, 0) is 51.9 Å². The third-order valence-corrected chi connectivity index (χ3v) is 6.30. The van der Waals surface area contributed by atoms with Gasteiger partial charge in [0.2, 0.25) is 0 Å². The average Bonchev–Trinajstić information content (AvgIpc) is 3.37. The third-order valence-electron chi connectivity index (χ3n) is 6.30. The molecule has 0 aromatic carbocycles. The molecular formula is C19H32N6. The average molecular weight is 345 g/mol. The van der Waals surface area contributed by atoms with Gasteiger partial charge in [0, 0.05) is 55.3 Å². The summed E-state index contributed by atoms with van der Waals surface area (Å²) in [6.45, 7) is 5.54. The van der Waals surface area contributed by atoms with E-state index in [2.05, 4.69) is 42.7 Å². The molecule has 1 aromatic rings. The van der Waals surface area contributed by atoms with Crippen molar-refractivity contribution in [1.29, 1.82) is 0 Å². The van der Waals surface area contributed by atoms with E-state index in [-0.39, 0.29) is 0 Å². The quantitative estimate of drug-likeness (QED) is 0.731. The molecule has 3 fully saturated rings. The van der Waals surface area contributed by atoms with Crippen molar-refractivity contribution in [3.8, 4) is 0 Å². The Bertz CT molecular complexity index is 600. The molecule has 2 atom stereocenters. The Morgan fingerprint density at radius 3 is 2.40 bits per heavy atom. The molecule has 0 bridgehead atoms. The van der Waals surface area contributed by atoms with E-state index < -0.39 is 0 Å². The van der Waals surface area contributed by atoms with Gasteiger partial charge in [0.15, 0.2) is 0 Å². The lowest BCUT2D eigenvalue weighted by Gasteiger charge is -2.32. The third kappa shape index (κ3) is 3.66. The molecule has 4 N–H and O–H groups in total. The lowest BCUT2D eigenvalue weighted by atomic mass is 9.78. The van der Waals surface area contributed by atoms with Gasteiger partial charge in [-0.3, -0.25) is 10.9 Å². The van der Waals surface area contributed by atoms with Crippen LogP contribution in [0.4, 0.5) is 5.82 Å². The lowest BCUT2D eigenvalue weighted by Crippen LogP contribution is -2.35. The summed E-state index contributed by atoms with van der Waals surface area (Å²) in [7, 11) is 2.17. The van der Waals surface area contributed by atoms with E-state index in [9.17, 15) is 0 Å². The fourth-order valence-electron chi connectivity index (χ4n) is 4.17. The molecule has 1 saturated heterocycles. The standard InChI is InChI=1S/C19H32N6/c1-11-16(12(2)24-23-11)6-7-25(3)18-10-17(14-8-15(20)9-14)21-19(22-18)13-4-5-13/h10-16,23-24H,4-9,20H2,1-3H3. The number of nitrogens with two attached hydrogens (primary N) is 1. The lowest BCUT2D eigenvalue weighted by molar-refractivity contribution is 0.344. The molecule has 2 aliphatic carbocycles. The minimum atomic E-state index is 0.357. The molecule has 1 aliphatic heterocycles. The van der Waals surface area contributed by atoms with E-state index in [1.54, 1.807) is 0 Å². The highest BCUT2D eigenvalue weighted by Gasteiger charge is 2.33. The molecule has 2 saturated carbocycles. The van der Waals surface area contributed by atoms with Crippen LogP contribution >= 0.6 is 0 Å². The first-order chi connectivity index (χ1) is 12.0. The maximum absolute atomic E-state index is 5.99. The molecule has 2 unspecified atom stereocenters. The number of nitrogens with zero attached hydrogens (tertiary/aromatic N) is 3. The fourth-order valence-corrected chi connectivity index (χ4v) is 4.17. The Balaban J connectivity index is 1.46. The van der Waals surface area contributed by atoms with Crippen molar-refractivity contribution in [3.05, 3.63) is 17.6 Å². The maximum atomic E-state index is 5.99. The highest BCUT2D eigenvalue weighted by atomic mass is 15.4. The zero-order valence-corrected chi connectivity index (χ0v) is 15.7. The smallest absolute Gasteiger partial charge is 0.134 e. The van der Waals surface area contributed by atoms with Crippen LogP contribution in [0.2, 0.25) is 0 Å². The number of aromatic nitrogens is 2. The Hall–Kier alpha value is -1.24. The van der Waals surface area contributed by atoms with Crippen LogP contribution in [0.3, 0.4) is 0 Å². The van der Waals surface area contributed by atoms with E-state index in [1.165, 1.54) is 18.5 Å². The summed E-state index contributed by atoms with van der Waals surface area (Å²) in [5.41, 5.74) is 13.9. The van der Waals surface area contributed by atoms with Crippen LogP contribution in [0.25, 0.3) is 0 Å². The highest BCUT2D eigenvalue weighted by molar-refractivity contribution is 5.41. The summed E-state index contributed by atoms with van der Waals surface area (Å²) in [4.78, 5) is 12.1. The first kappa shape index (κ1) is 17.2. The van der Waals surface area contributed by atoms with Crippen molar-refractivity contribution >= 4 is 5.82 Å². The number of hydrogen-bond acceptors (Lipinski definition) is 6. The molecule has 2 heterocycles. The second-order valence-electron chi connectivity index (χ2n) is 8.45. The van der Waals surface area contributed by atoms with E-state index in [4.69, 9.17) is 15.7 Å². The number of hydrazine groups is 1. The Labute approximate surface area is 150 Å². The largest absolute Gasteiger partial charge is 0.360 e. The minimum Gasteiger partial charge on any atom is -0.360 e. The fraction of sp³-hybridized carbons (Fsp3) is 0.789. The monoisotopic (exact) mass is 344 g/mol. The van der Waals surface area contributed by atoms with Gasteiger partial charge in [-0.1, -0.05) is 0 Å². The van der Waals surface area contributed by atoms with Crippen LogP contribution in [0.5, 0.6) is 0 Å². The van der Waals surface area contributed by atoms with Gasteiger partial charge < -0.3 is 10.6 Å². The van der Waals surface area contributed by atoms with Crippen LogP contribution in [-0.2, 0) is 0 Å². The molecule has 0 amide bonds. The summed E-state index contributed by atoms with van der Waals surface area (Å²) >= 11 is 0. The van der Waals surface area contributed by atoms with Gasteiger partial charge in [-0.15, -0.1) is 0 Å². The van der Waals surface area contributed by atoms with Crippen molar-refractivity contribution in [2.75, 3.05) is 18.5 Å². The minimum absolute atomic E-state index is 0.357. The second-order valence-corrected chi connectivity index (χ2v) is 8.45. The van der Waals surface area contributed by atoms with E-state index in [0.29, 0.717) is 35.9 Å². The Morgan fingerprint density at radius 2 is 1.80 bits per heavy atom. The van der Waals surface area contributed by atoms with Crippen LogP contribution in [-0.4, -0.2) is 41.7 Å². The van der Waals surface area contributed by atoms with E-state index >= 15 is 0 Å².